The summed E-state index contributed by atoms with van der Waals surface area (Å²) in [6, 6.07) is 2.59. The van der Waals surface area contributed by atoms with Gasteiger partial charge in [0.15, 0.2) is 0 Å². The van der Waals surface area contributed by atoms with E-state index in [4.69, 9.17) is 11.6 Å². The standard InChI is InChI=1S/C14H24ClN3/c1-3-11(2)18-8-7-13(17-18)10-16-9-12-5-4-6-14(12)15/h7-8,11-12,14,16H,3-6,9-10H2,1-2H3. The fourth-order valence-corrected chi connectivity index (χ4v) is 2.88. The predicted molar refractivity (Wildman–Crippen MR) is 75.9 cm³/mol. The molecule has 0 saturated heterocycles. The maximum absolute atomic E-state index is 6.26. The van der Waals surface area contributed by atoms with Crippen LogP contribution in [0.1, 0.15) is 51.3 Å². The number of nitrogens with zero attached hydrogens (tertiary/aromatic N) is 2. The Kier molecular flexibility index (Phi) is 5.07. The van der Waals surface area contributed by atoms with Crippen LogP contribution in [0.3, 0.4) is 0 Å². The summed E-state index contributed by atoms with van der Waals surface area (Å²) in [7, 11) is 0. The van der Waals surface area contributed by atoms with E-state index in [2.05, 4.69) is 41.2 Å². The van der Waals surface area contributed by atoms with E-state index in [9.17, 15) is 0 Å². The van der Waals surface area contributed by atoms with Crippen molar-refractivity contribution in [2.75, 3.05) is 6.54 Å². The van der Waals surface area contributed by atoms with Gasteiger partial charge in [-0.15, -0.1) is 11.6 Å². The van der Waals surface area contributed by atoms with Gasteiger partial charge in [0.05, 0.1) is 5.69 Å². The van der Waals surface area contributed by atoms with Crippen LogP contribution in [0.4, 0.5) is 0 Å². The highest BCUT2D eigenvalue weighted by Crippen LogP contribution is 2.29. The maximum atomic E-state index is 6.26. The first-order valence-corrected chi connectivity index (χ1v) is 7.53. The Morgan fingerprint density at radius 2 is 2.39 bits per heavy atom. The Labute approximate surface area is 115 Å². The van der Waals surface area contributed by atoms with Gasteiger partial charge in [0.2, 0.25) is 0 Å². The minimum atomic E-state index is 0.371. The Hall–Kier alpha value is -0.540. The summed E-state index contributed by atoms with van der Waals surface area (Å²) in [4.78, 5) is 0. The molecule has 1 aromatic rings. The summed E-state index contributed by atoms with van der Waals surface area (Å²) in [5.74, 6) is 0.642. The molecule has 1 N–H and O–H groups in total. The van der Waals surface area contributed by atoms with E-state index in [1.807, 2.05) is 0 Å². The molecular weight excluding hydrogens is 246 g/mol. The lowest BCUT2D eigenvalue weighted by Crippen LogP contribution is -2.25. The second kappa shape index (κ2) is 6.58. The predicted octanol–water partition coefficient (Wildman–Crippen LogP) is 3.35. The normalized spacial score (nSPS) is 25.5. The van der Waals surface area contributed by atoms with Gasteiger partial charge in [-0.3, -0.25) is 4.68 Å². The molecule has 1 fully saturated rings. The smallest absolute Gasteiger partial charge is 0.0762 e. The van der Waals surface area contributed by atoms with Crippen molar-refractivity contribution < 1.29 is 0 Å². The van der Waals surface area contributed by atoms with E-state index in [-0.39, 0.29) is 0 Å². The van der Waals surface area contributed by atoms with Crippen LogP contribution in [0.5, 0.6) is 0 Å². The molecule has 1 aliphatic carbocycles. The van der Waals surface area contributed by atoms with E-state index in [1.54, 1.807) is 0 Å². The molecule has 18 heavy (non-hydrogen) atoms. The number of nitrogens with one attached hydrogen (secondary N) is 1. The van der Waals surface area contributed by atoms with Crippen LogP contribution < -0.4 is 5.32 Å². The average molecular weight is 270 g/mol. The van der Waals surface area contributed by atoms with E-state index in [0.29, 0.717) is 17.3 Å². The average Bonchev–Trinajstić information content (AvgIpc) is 2.99. The largest absolute Gasteiger partial charge is 0.311 e. The molecule has 1 aliphatic rings. The van der Waals surface area contributed by atoms with Gasteiger partial charge in [-0.25, -0.2) is 0 Å². The number of aromatic nitrogens is 2. The molecule has 3 unspecified atom stereocenters. The third-order valence-electron chi connectivity index (χ3n) is 3.98. The molecule has 1 aromatic heterocycles. The zero-order valence-corrected chi connectivity index (χ0v) is 12.2. The summed E-state index contributed by atoms with van der Waals surface area (Å²) in [6.45, 7) is 6.25. The van der Waals surface area contributed by atoms with Crippen molar-refractivity contribution in [3.63, 3.8) is 0 Å². The minimum Gasteiger partial charge on any atom is -0.311 e. The lowest BCUT2D eigenvalue weighted by atomic mass is 10.1. The molecular formula is C14H24ClN3. The van der Waals surface area contributed by atoms with Crippen molar-refractivity contribution in [3.8, 4) is 0 Å². The van der Waals surface area contributed by atoms with Gasteiger partial charge in [-0.1, -0.05) is 13.3 Å². The third kappa shape index (κ3) is 3.48. The first-order chi connectivity index (χ1) is 8.70. The van der Waals surface area contributed by atoms with Gasteiger partial charge in [-0.2, -0.15) is 5.10 Å². The summed E-state index contributed by atoms with van der Waals surface area (Å²) in [5, 5.41) is 8.44. The molecule has 4 heteroatoms. The van der Waals surface area contributed by atoms with Crippen LogP contribution in [0.25, 0.3) is 0 Å². The molecule has 0 bridgehead atoms. The van der Waals surface area contributed by atoms with E-state index < -0.39 is 0 Å². The molecule has 102 valence electrons. The lowest BCUT2D eigenvalue weighted by Gasteiger charge is -2.13. The Morgan fingerprint density at radius 1 is 1.56 bits per heavy atom. The zero-order valence-electron chi connectivity index (χ0n) is 11.4. The van der Waals surface area contributed by atoms with Crippen LogP contribution in [0, 0.1) is 5.92 Å². The van der Waals surface area contributed by atoms with Gasteiger partial charge in [-0.05, 0) is 44.7 Å². The van der Waals surface area contributed by atoms with Crippen LogP contribution in [0.15, 0.2) is 12.3 Å². The van der Waals surface area contributed by atoms with Gasteiger partial charge in [0.25, 0.3) is 0 Å². The van der Waals surface area contributed by atoms with Crippen LogP contribution >= 0.6 is 11.6 Å². The first kappa shape index (κ1) is 13.9. The van der Waals surface area contributed by atoms with Gasteiger partial charge in [0.1, 0.15) is 0 Å². The van der Waals surface area contributed by atoms with Crippen LogP contribution in [-0.2, 0) is 6.54 Å². The summed E-state index contributed by atoms with van der Waals surface area (Å²) < 4.78 is 2.05. The molecule has 3 atom stereocenters. The van der Waals surface area contributed by atoms with Gasteiger partial charge >= 0.3 is 0 Å². The second-order valence-electron chi connectivity index (χ2n) is 5.38. The molecule has 0 spiro atoms. The molecule has 0 aliphatic heterocycles. The van der Waals surface area contributed by atoms with Crippen molar-refractivity contribution in [2.45, 2.75) is 57.5 Å². The number of alkyl halides is 1. The number of hydrogen-bond acceptors (Lipinski definition) is 2. The van der Waals surface area contributed by atoms with Crippen molar-refractivity contribution in [1.29, 1.82) is 0 Å². The molecule has 1 saturated carbocycles. The van der Waals surface area contributed by atoms with E-state index in [1.165, 1.54) is 19.3 Å². The first-order valence-electron chi connectivity index (χ1n) is 7.09. The van der Waals surface area contributed by atoms with Crippen molar-refractivity contribution in [1.82, 2.24) is 15.1 Å². The molecule has 1 heterocycles. The summed E-state index contributed by atoms with van der Waals surface area (Å²) in [5.41, 5.74) is 1.12. The van der Waals surface area contributed by atoms with Gasteiger partial charge in [0, 0.05) is 24.2 Å². The highest BCUT2D eigenvalue weighted by Gasteiger charge is 2.24. The monoisotopic (exact) mass is 269 g/mol. The molecule has 0 amide bonds. The zero-order chi connectivity index (χ0) is 13.0. The third-order valence-corrected chi connectivity index (χ3v) is 4.56. The number of halogens is 1. The molecule has 3 nitrogen and oxygen atoms in total. The highest BCUT2D eigenvalue weighted by atomic mass is 35.5. The van der Waals surface area contributed by atoms with E-state index in [0.717, 1.165) is 25.2 Å². The van der Waals surface area contributed by atoms with Crippen molar-refractivity contribution >= 4 is 11.6 Å². The number of hydrogen-bond donors (Lipinski definition) is 1. The summed E-state index contributed by atoms with van der Waals surface area (Å²) >= 11 is 6.26. The Morgan fingerprint density at radius 3 is 3.06 bits per heavy atom. The Bertz CT molecular complexity index is 364. The van der Waals surface area contributed by atoms with Gasteiger partial charge < -0.3 is 5.32 Å². The Balaban J connectivity index is 1.74. The SMILES string of the molecule is CCC(C)n1ccc(CNCC2CCCC2Cl)n1. The minimum absolute atomic E-state index is 0.371. The van der Waals surface area contributed by atoms with E-state index >= 15 is 0 Å². The van der Waals surface area contributed by atoms with Crippen LogP contribution in [-0.4, -0.2) is 21.7 Å². The molecule has 0 aromatic carbocycles. The molecule has 0 radical (unpaired) electrons. The second-order valence-corrected chi connectivity index (χ2v) is 5.94. The topological polar surface area (TPSA) is 29.9 Å². The maximum Gasteiger partial charge on any atom is 0.0762 e. The van der Waals surface area contributed by atoms with Crippen molar-refractivity contribution in [2.24, 2.45) is 5.92 Å². The highest BCUT2D eigenvalue weighted by molar-refractivity contribution is 6.20. The fourth-order valence-electron chi connectivity index (χ4n) is 2.51. The van der Waals surface area contributed by atoms with Crippen molar-refractivity contribution in [3.05, 3.63) is 18.0 Å². The fraction of sp³-hybridized carbons (Fsp3) is 0.786. The number of rotatable bonds is 6. The quantitative estimate of drug-likeness (QED) is 0.803. The lowest BCUT2D eigenvalue weighted by molar-refractivity contribution is 0.463. The molecule has 2 rings (SSSR count). The van der Waals surface area contributed by atoms with Crippen LogP contribution in [0.2, 0.25) is 0 Å². The summed E-state index contributed by atoms with van der Waals surface area (Å²) in [6.07, 6.45) is 6.91.